The molecule has 0 saturated heterocycles. The van der Waals surface area contributed by atoms with Crippen LogP contribution in [0.15, 0.2) is 18.2 Å². The van der Waals surface area contributed by atoms with E-state index in [-0.39, 0.29) is 16.7 Å². The van der Waals surface area contributed by atoms with Crippen LogP contribution in [-0.2, 0) is 4.79 Å². The number of carbonyl (C=O) groups is 2. The molecule has 1 aromatic carbocycles. The van der Waals surface area contributed by atoms with E-state index in [1.165, 1.54) is 18.2 Å². The number of benzene rings is 1. The third kappa shape index (κ3) is 4.14. The van der Waals surface area contributed by atoms with E-state index in [0.29, 0.717) is 5.56 Å². The number of imide groups is 1. The molecule has 0 saturated carbocycles. The fourth-order valence-corrected chi connectivity index (χ4v) is 1.71. The first-order chi connectivity index (χ1) is 9.35. The van der Waals surface area contributed by atoms with Gasteiger partial charge in [-0.25, -0.2) is 4.79 Å². The highest BCUT2D eigenvalue weighted by Gasteiger charge is 2.26. The minimum atomic E-state index is -0.949. The first-order valence-electron chi connectivity index (χ1n) is 5.81. The number of halogens is 1. The number of nitriles is 1. The number of rotatable bonds is 4. The van der Waals surface area contributed by atoms with Crippen molar-refractivity contribution in [2.75, 3.05) is 0 Å². The van der Waals surface area contributed by atoms with Crippen molar-refractivity contribution in [3.8, 4) is 11.8 Å². The molecule has 1 rings (SSSR count). The lowest BCUT2D eigenvalue weighted by molar-refractivity contribution is -0.128. The SMILES string of the molecule is CC(C)[C@@H](Oc1ccc(C#N)cc1Cl)C(=O)NC(N)=O. The summed E-state index contributed by atoms with van der Waals surface area (Å²) < 4.78 is 5.51. The van der Waals surface area contributed by atoms with Gasteiger partial charge in [-0.05, 0) is 24.1 Å². The monoisotopic (exact) mass is 295 g/mol. The number of carbonyl (C=O) groups excluding carboxylic acids is 2. The van der Waals surface area contributed by atoms with Crippen LogP contribution in [0, 0.1) is 17.2 Å². The Morgan fingerprint density at radius 1 is 1.45 bits per heavy atom. The number of hydrogen-bond acceptors (Lipinski definition) is 4. The van der Waals surface area contributed by atoms with Crippen molar-refractivity contribution in [2.24, 2.45) is 11.7 Å². The average molecular weight is 296 g/mol. The standard InChI is InChI=1S/C13H14ClN3O3/c1-7(2)11(12(18)17-13(16)19)20-10-4-3-8(6-15)5-9(10)14/h3-5,7,11H,1-2H3,(H3,16,17,18,19)/t11-/m1/s1. The first-order valence-corrected chi connectivity index (χ1v) is 6.19. The zero-order valence-electron chi connectivity index (χ0n) is 11.0. The number of primary amides is 1. The third-order valence-corrected chi connectivity index (χ3v) is 2.72. The third-order valence-electron chi connectivity index (χ3n) is 2.43. The largest absolute Gasteiger partial charge is 0.479 e. The van der Waals surface area contributed by atoms with Gasteiger partial charge in [0.05, 0.1) is 16.7 Å². The Hall–Kier alpha value is -2.26. The Morgan fingerprint density at radius 2 is 2.10 bits per heavy atom. The average Bonchev–Trinajstić information content (AvgIpc) is 2.35. The highest BCUT2D eigenvalue weighted by molar-refractivity contribution is 6.32. The summed E-state index contributed by atoms with van der Waals surface area (Å²) in [6, 6.07) is 5.43. The summed E-state index contributed by atoms with van der Waals surface area (Å²) in [6.07, 6.45) is -0.923. The van der Waals surface area contributed by atoms with Gasteiger partial charge in [-0.1, -0.05) is 25.4 Å². The minimum Gasteiger partial charge on any atom is -0.479 e. The zero-order valence-corrected chi connectivity index (χ0v) is 11.8. The molecule has 0 heterocycles. The highest BCUT2D eigenvalue weighted by Crippen LogP contribution is 2.27. The van der Waals surface area contributed by atoms with E-state index in [0.717, 1.165) is 0 Å². The van der Waals surface area contributed by atoms with E-state index in [4.69, 9.17) is 27.3 Å². The lowest BCUT2D eigenvalue weighted by Crippen LogP contribution is -2.46. The molecule has 3 N–H and O–H groups in total. The highest BCUT2D eigenvalue weighted by atomic mass is 35.5. The van der Waals surface area contributed by atoms with Crippen LogP contribution >= 0.6 is 11.6 Å². The molecule has 0 aromatic heterocycles. The number of hydrogen-bond donors (Lipinski definition) is 2. The van der Waals surface area contributed by atoms with Crippen LogP contribution in [0.5, 0.6) is 5.75 Å². The molecule has 0 spiro atoms. The van der Waals surface area contributed by atoms with Crippen molar-refractivity contribution in [3.63, 3.8) is 0 Å². The minimum absolute atomic E-state index is 0.207. The molecule has 106 valence electrons. The summed E-state index contributed by atoms with van der Waals surface area (Å²) in [7, 11) is 0. The van der Waals surface area contributed by atoms with Crippen LogP contribution in [0.25, 0.3) is 0 Å². The molecule has 20 heavy (non-hydrogen) atoms. The number of nitrogens with one attached hydrogen (secondary N) is 1. The molecule has 0 aliphatic rings. The van der Waals surface area contributed by atoms with Crippen molar-refractivity contribution in [1.82, 2.24) is 5.32 Å². The smallest absolute Gasteiger partial charge is 0.318 e. The van der Waals surface area contributed by atoms with Gasteiger partial charge in [0.15, 0.2) is 6.10 Å². The maximum absolute atomic E-state index is 11.8. The number of nitrogens with two attached hydrogens (primary N) is 1. The molecule has 0 fully saturated rings. The van der Waals surface area contributed by atoms with Crippen molar-refractivity contribution < 1.29 is 14.3 Å². The van der Waals surface area contributed by atoms with Gasteiger partial charge in [0.2, 0.25) is 0 Å². The Kier molecular flexibility index (Phi) is 5.35. The molecule has 0 aliphatic heterocycles. The van der Waals surface area contributed by atoms with Crippen LogP contribution in [-0.4, -0.2) is 18.0 Å². The predicted molar refractivity (Wildman–Crippen MR) is 73.1 cm³/mol. The zero-order chi connectivity index (χ0) is 15.3. The molecule has 0 unspecified atom stereocenters. The van der Waals surface area contributed by atoms with E-state index in [1.54, 1.807) is 13.8 Å². The van der Waals surface area contributed by atoms with Crippen LogP contribution in [0.3, 0.4) is 0 Å². The van der Waals surface area contributed by atoms with E-state index in [2.05, 4.69) is 0 Å². The molecule has 1 aromatic rings. The second-order valence-electron chi connectivity index (χ2n) is 4.39. The summed E-state index contributed by atoms with van der Waals surface area (Å²) in [4.78, 5) is 22.5. The van der Waals surface area contributed by atoms with E-state index >= 15 is 0 Å². The topological polar surface area (TPSA) is 105 Å². The molecule has 1 atom stereocenters. The van der Waals surface area contributed by atoms with E-state index in [9.17, 15) is 9.59 Å². The molecule has 7 heteroatoms. The number of nitrogens with zero attached hydrogens (tertiary/aromatic N) is 1. The molecule has 0 radical (unpaired) electrons. The normalized spacial score (nSPS) is 11.6. The molecule has 0 aliphatic carbocycles. The maximum Gasteiger partial charge on any atom is 0.318 e. The lowest BCUT2D eigenvalue weighted by Gasteiger charge is -2.21. The quantitative estimate of drug-likeness (QED) is 0.883. The number of ether oxygens (including phenoxy) is 1. The van der Waals surface area contributed by atoms with Gasteiger partial charge >= 0.3 is 6.03 Å². The fraction of sp³-hybridized carbons (Fsp3) is 0.308. The summed E-state index contributed by atoms with van der Waals surface area (Å²) in [5.74, 6) is -0.599. The molecule has 0 bridgehead atoms. The van der Waals surface area contributed by atoms with Crippen molar-refractivity contribution in [2.45, 2.75) is 20.0 Å². The van der Waals surface area contributed by atoms with Crippen molar-refractivity contribution >= 4 is 23.5 Å². The van der Waals surface area contributed by atoms with Gasteiger partial charge < -0.3 is 10.5 Å². The Balaban J connectivity index is 2.94. The van der Waals surface area contributed by atoms with Crippen LogP contribution in [0.4, 0.5) is 4.79 Å². The predicted octanol–water partition coefficient (Wildman–Crippen LogP) is 1.81. The second kappa shape index (κ2) is 6.78. The van der Waals surface area contributed by atoms with Gasteiger partial charge in [0.1, 0.15) is 5.75 Å². The molecular formula is C13H14ClN3O3. The Morgan fingerprint density at radius 3 is 2.55 bits per heavy atom. The van der Waals surface area contributed by atoms with E-state index < -0.39 is 18.0 Å². The summed E-state index contributed by atoms with van der Waals surface area (Å²) in [5.41, 5.74) is 5.28. The van der Waals surface area contributed by atoms with E-state index in [1.807, 2.05) is 11.4 Å². The van der Waals surface area contributed by atoms with Crippen LogP contribution in [0.1, 0.15) is 19.4 Å². The second-order valence-corrected chi connectivity index (χ2v) is 4.80. The van der Waals surface area contributed by atoms with Crippen molar-refractivity contribution in [3.05, 3.63) is 28.8 Å². The summed E-state index contributed by atoms with van der Waals surface area (Å²) in [5, 5.41) is 10.9. The Labute approximate surface area is 121 Å². The van der Waals surface area contributed by atoms with Gasteiger partial charge in [-0.2, -0.15) is 5.26 Å². The van der Waals surface area contributed by atoms with Gasteiger partial charge in [-0.15, -0.1) is 0 Å². The fourth-order valence-electron chi connectivity index (χ4n) is 1.49. The lowest BCUT2D eigenvalue weighted by atomic mass is 10.1. The van der Waals surface area contributed by atoms with Crippen molar-refractivity contribution in [1.29, 1.82) is 5.26 Å². The summed E-state index contributed by atoms with van der Waals surface area (Å²) >= 11 is 5.97. The molecule has 6 nitrogen and oxygen atoms in total. The molecular weight excluding hydrogens is 282 g/mol. The van der Waals surface area contributed by atoms with Gasteiger partial charge in [0, 0.05) is 0 Å². The Bertz CT molecular complexity index is 566. The maximum atomic E-state index is 11.8. The van der Waals surface area contributed by atoms with Crippen LogP contribution in [0.2, 0.25) is 5.02 Å². The number of amides is 3. The number of urea groups is 1. The van der Waals surface area contributed by atoms with Gasteiger partial charge in [0.25, 0.3) is 5.91 Å². The molecule has 3 amide bonds. The van der Waals surface area contributed by atoms with Crippen LogP contribution < -0.4 is 15.8 Å². The summed E-state index contributed by atoms with van der Waals surface area (Å²) in [6.45, 7) is 3.51. The first kappa shape index (κ1) is 15.8. The van der Waals surface area contributed by atoms with Gasteiger partial charge in [-0.3, -0.25) is 10.1 Å².